The first kappa shape index (κ1) is 15.6. The summed E-state index contributed by atoms with van der Waals surface area (Å²) in [4.78, 5) is 2.54. The van der Waals surface area contributed by atoms with E-state index < -0.39 is 0 Å². The summed E-state index contributed by atoms with van der Waals surface area (Å²) in [5.41, 5.74) is 1.24. The van der Waals surface area contributed by atoms with Gasteiger partial charge in [-0.15, -0.1) is 12.4 Å². The van der Waals surface area contributed by atoms with E-state index >= 15 is 0 Å². The second-order valence-corrected chi connectivity index (χ2v) is 6.76. The van der Waals surface area contributed by atoms with Crippen LogP contribution in [0.1, 0.15) is 12.0 Å². The van der Waals surface area contributed by atoms with Crippen molar-refractivity contribution in [2.75, 3.05) is 26.2 Å². The SMILES string of the molecule is Cl.Clc1cc(Br)ccc1CN1CCC2CNCC2C1. The molecule has 0 bridgehead atoms. The lowest BCUT2D eigenvalue weighted by Gasteiger charge is -2.34. The average molecular weight is 366 g/mol. The maximum absolute atomic E-state index is 6.29. The van der Waals surface area contributed by atoms with Crippen LogP contribution in [-0.4, -0.2) is 31.1 Å². The smallest absolute Gasteiger partial charge is 0.0462 e. The fourth-order valence-corrected chi connectivity index (χ4v) is 3.88. The summed E-state index contributed by atoms with van der Waals surface area (Å²) in [7, 11) is 0. The molecule has 2 heterocycles. The normalized spacial score (nSPS) is 26.8. The van der Waals surface area contributed by atoms with Gasteiger partial charge in [0.25, 0.3) is 0 Å². The van der Waals surface area contributed by atoms with Crippen LogP contribution in [0.15, 0.2) is 22.7 Å². The molecule has 106 valence electrons. The van der Waals surface area contributed by atoms with Crippen LogP contribution < -0.4 is 5.32 Å². The number of benzene rings is 1. The first-order valence-electron chi connectivity index (χ1n) is 6.59. The van der Waals surface area contributed by atoms with Crippen molar-refractivity contribution in [3.05, 3.63) is 33.3 Å². The number of hydrogen-bond donors (Lipinski definition) is 1. The Bertz CT molecular complexity index is 441. The van der Waals surface area contributed by atoms with Gasteiger partial charge in [0, 0.05) is 22.6 Å². The highest BCUT2D eigenvalue weighted by Crippen LogP contribution is 2.29. The number of hydrogen-bond acceptors (Lipinski definition) is 2. The average Bonchev–Trinajstić information content (AvgIpc) is 2.80. The van der Waals surface area contributed by atoms with E-state index in [9.17, 15) is 0 Å². The highest BCUT2D eigenvalue weighted by Gasteiger charge is 2.32. The van der Waals surface area contributed by atoms with E-state index in [1.165, 1.54) is 38.2 Å². The molecule has 0 saturated carbocycles. The van der Waals surface area contributed by atoms with Crippen LogP contribution in [0, 0.1) is 11.8 Å². The highest BCUT2D eigenvalue weighted by molar-refractivity contribution is 9.10. The van der Waals surface area contributed by atoms with Crippen molar-refractivity contribution in [1.82, 2.24) is 10.2 Å². The summed E-state index contributed by atoms with van der Waals surface area (Å²) in [6.45, 7) is 5.81. The largest absolute Gasteiger partial charge is 0.316 e. The number of nitrogens with zero attached hydrogens (tertiary/aromatic N) is 1. The van der Waals surface area contributed by atoms with E-state index in [1.54, 1.807) is 0 Å². The second kappa shape index (κ2) is 6.77. The molecule has 1 aromatic carbocycles. The van der Waals surface area contributed by atoms with Gasteiger partial charge in [-0.05, 0) is 55.6 Å². The molecule has 0 radical (unpaired) electrons. The molecular weight excluding hydrogens is 347 g/mol. The van der Waals surface area contributed by atoms with Crippen LogP contribution in [0.2, 0.25) is 5.02 Å². The van der Waals surface area contributed by atoms with Crippen LogP contribution in [-0.2, 0) is 6.54 Å². The first-order chi connectivity index (χ1) is 8.72. The summed E-state index contributed by atoms with van der Waals surface area (Å²) in [5.74, 6) is 1.75. The van der Waals surface area contributed by atoms with Crippen molar-refractivity contribution in [2.45, 2.75) is 13.0 Å². The van der Waals surface area contributed by atoms with Gasteiger partial charge in [0.05, 0.1) is 0 Å². The molecule has 2 aliphatic rings. The number of rotatable bonds is 2. The molecule has 3 rings (SSSR count). The summed E-state index contributed by atoms with van der Waals surface area (Å²) in [6.07, 6.45) is 1.33. The van der Waals surface area contributed by atoms with Crippen LogP contribution >= 0.6 is 39.9 Å². The monoisotopic (exact) mass is 364 g/mol. The minimum absolute atomic E-state index is 0. The zero-order valence-corrected chi connectivity index (χ0v) is 13.9. The van der Waals surface area contributed by atoms with E-state index in [4.69, 9.17) is 11.6 Å². The predicted molar refractivity (Wildman–Crippen MR) is 86.1 cm³/mol. The summed E-state index contributed by atoms with van der Waals surface area (Å²) < 4.78 is 1.05. The van der Waals surface area contributed by atoms with E-state index in [0.717, 1.165) is 27.9 Å². The van der Waals surface area contributed by atoms with Crippen molar-refractivity contribution >= 4 is 39.9 Å². The minimum Gasteiger partial charge on any atom is -0.316 e. The Morgan fingerprint density at radius 3 is 2.89 bits per heavy atom. The molecule has 0 aliphatic carbocycles. The topological polar surface area (TPSA) is 15.3 Å². The van der Waals surface area contributed by atoms with E-state index in [0.29, 0.717) is 0 Å². The van der Waals surface area contributed by atoms with Gasteiger partial charge in [-0.3, -0.25) is 4.90 Å². The van der Waals surface area contributed by atoms with Gasteiger partial charge >= 0.3 is 0 Å². The second-order valence-electron chi connectivity index (χ2n) is 5.44. The molecule has 2 aliphatic heterocycles. The lowest BCUT2D eigenvalue weighted by molar-refractivity contribution is 0.142. The van der Waals surface area contributed by atoms with Gasteiger partial charge in [0.15, 0.2) is 0 Å². The standard InChI is InChI=1S/C14H18BrClN2.ClH/c15-13-2-1-11(14(16)5-13)8-18-4-3-10-6-17-7-12(10)9-18;/h1-2,5,10,12,17H,3-4,6-9H2;1H. The van der Waals surface area contributed by atoms with Crippen LogP contribution in [0.5, 0.6) is 0 Å². The fourth-order valence-electron chi connectivity index (χ4n) is 3.14. The lowest BCUT2D eigenvalue weighted by Crippen LogP contribution is -2.39. The highest BCUT2D eigenvalue weighted by atomic mass is 79.9. The van der Waals surface area contributed by atoms with Crippen molar-refractivity contribution in [3.63, 3.8) is 0 Å². The quantitative estimate of drug-likeness (QED) is 0.861. The maximum Gasteiger partial charge on any atom is 0.0462 e. The zero-order chi connectivity index (χ0) is 12.5. The Labute approximate surface area is 134 Å². The first-order valence-corrected chi connectivity index (χ1v) is 7.76. The molecule has 2 nitrogen and oxygen atoms in total. The van der Waals surface area contributed by atoms with Gasteiger partial charge in [-0.1, -0.05) is 33.6 Å². The Hall–Kier alpha value is 0.200. The summed E-state index contributed by atoms with van der Waals surface area (Å²) >= 11 is 9.74. The molecule has 1 aromatic rings. The lowest BCUT2D eigenvalue weighted by atomic mass is 9.88. The number of fused-ring (bicyclic) bond motifs is 1. The zero-order valence-electron chi connectivity index (χ0n) is 10.7. The molecule has 2 saturated heterocycles. The third-order valence-corrected chi connectivity index (χ3v) is 5.04. The molecule has 2 unspecified atom stereocenters. The predicted octanol–water partition coefficient (Wildman–Crippen LogP) is 3.57. The molecule has 0 amide bonds. The van der Waals surface area contributed by atoms with Crippen molar-refractivity contribution < 1.29 is 0 Å². The van der Waals surface area contributed by atoms with Gasteiger partial charge in [-0.25, -0.2) is 0 Å². The molecule has 2 fully saturated rings. The summed E-state index contributed by atoms with van der Waals surface area (Å²) in [5, 5.41) is 4.38. The third-order valence-electron chi connectivity index (χ3n) is 4.20. The maximum atomic E-state index is 6.29. The molecule has 5 heteroatoms. The van der Waals surface area contributed by atoms with E-state index in [-0.39, 0.29) is 12.4 Å². The fraction of sp³-hybridized carbons (Fsp3) is 0.571. The van der Waals surface area contributed by atoms with Crippen LogP contribution in [0.4, 0.5) is 0 Å². The van der Waals surface area contributed by atoms with Crippen LogP contribution in [0.3, 0.4) is 0 Å². The Morgan fingerprint density at radius 2 is 2.11 bits per heavy atom. The van der Waals surface area contributed by atoms with Gasteiger partial charge in [0.2, 0.25) is 0 Å². The third kappa shape index (κ3) is 3.64. The number of piperidine rings is 1. The van der Waals surface area contributed by atoms with Crippen molar-refractivity contribution in [1.29, 1.82) is 0 Å². The van der Waals surface area contributed by atoms with Crippen molar-refractivity contribution in [3.8, 4) is 0 Å². The van der Waals surface area contributed by atoms with E-state index in [1.807, 2.05) is 6.07 Å². The van der Waals surface area contributed by atoms with Gasteiger partial charge in [-0.2, -0.15) is 0 Å². The Morgan fingerprint density at radius 1 is 1.32 bits per heavy atom. The molecule has 19 heavy (non-hydrogen) atoms. The van der Waals surface area contributed by atoms with Crippen LogP contribution in [0.25, 0.3) is 0 Å². The number of nitrogens with one attached hydrogen (secondary N) is 1. The van der Waals surface area contributed by atoms with Gasteiger partial charge < -0.3 is 5.32 Å². The molecule has 2 atom stereocenters. The Balaban J connectivity index is 0.00000133. The molecule has 1 N–H and O–H groups in total. The number of halogens is 3. The molecular formula is C14H19BrCl2N2. The molecule has 0 aromatic heterocycles. The number of likely N-dealkylation sites (tertiary alicyclic amines) is 1. The van der Waals surface area contributed by atoms with Gasteiger partial charge in [0.1, 0.15) is 0 Å². The Kier molecular flexibility index (Phi) is 5.55. The summed E-state index contributed by atoms with van der Waals surface area (Å²) in [6, 6.07) is 6.19. The van der Waals surface area contributed by atoms with E-state index in [2.05, 4.69) is 38.3 Å². The minimum atomic E-state index is 0. The van der Waals surface area contributed by atoms with Crippen molar-refractivity contribution in [2.24, 2.45) is 11.8 Å². The molecule has 0 spiro atoms.